The smallest absolute Gasteiger partial charge is 0.342 e. The van der Waals surface area contributed by atoms with E-state index in [1.54, 1.807) is 19.2 Å². The Morgan fingerprint density at radius 2 is 2.04 bits per heavy atom. The fourth-order valence-corrected chi connectivity index (χ4v) is 2.92. The average molecular weight is 363 g/mol. The normalized spacial score (nSPS) is 14.8. The third kappa shape index (κ3) is 5.34. The van der Waals surface area contributed by atoms with E-state index >= 15 is 0 Å². The predicted molar refractivity (Wildman–Crippen MR) is 99.5 cm³/mol. The molecule has 0 aromatic carbocycles. The Morgan fingerprint density at radius 1 is 1.31 bits per heavy atom. The van der Waals surface area contributed by atoms with Gasteiger partial charge >= 0.3 is 5.97 Å². The number of nitrogens with zero attached hydrogens (tertiary/aromatic N) is 2. The Bertz CT molecular complexity index is 613. The maximum Gasteiger partial charge on any atom is 0.342 e. The van der Waals surface area contributed by atoms with E-state index in [-0.39, 0.29) is 11.9 Å². The molecule has 0 unspecified atom stereocenters. The first-order valence-corrected chi connectivity index (χ1v) is 9.37. The number of amides is 1. The number of anilines is 1. The summed E-state index contributed by atoms with van der Waals surface area (Å²) < 4.78 is 11.0. The zero-order valence-electron chi connectivity index (χ0n) is 15.9. The molecule has 7 heteroatoms. The lowest BCUT2D eigenvalue weighted by Crippen LogP contribution is -2.41. The molecule has 1 saturated heterocycles. The molecule has 0 aliphatic carbocycles. The van der Waals surface area contributed by atoms with Crippen LogP contribution in [0, 0.1) is 0 Å². The number of hydrogen-bond donors (Lipinski definition) is 1. The van der Waals surface area contributed by atoms with Crippen LogP contribution in [0.3, 0.4) is 0 Å². The largest absolute Gasteiger partial charge is 0.489 e. The molecule has 1 amide bonds. The molecule has 0 bridgehead atoms. The van der Waals surface area contributed by atoms with Crippen LogP contribution in [0.2, 0.25) is 0 Å². The SMILES string of the molecule is CCCCOC(=O)c1ccnc(NC2CCN(C(C)=O)CC2)c1OCC. The monoisotopic (exact) mass is 363 g/mol. The summed E-state index contributed by atoms with van der Waals surface area (Å²) in [6.45, 7) is 7.77. The van der Waals surface area contributed by atoms with E-state index in [9.17, 15) is 9.59 Å². The maximum absolute atomic E-state index is 12.4. The van der Waals surface area contributed by atoms with Gasteiger partial charge in [0.15, 0.2) is 11.6 Å². The predicted octanol–water partition coefficient (Wildman–Crippen LogP) is 2.86. The van der Waals surface area contributed by atoms with E-state index in [0.717, 1.165) is 38.8 Å². The molecule has 0 saturated carbocycles. The second-order valence-corrected chi connectivity index (χ2v) is 6.38. The number of likely N-dealkylation sites (tertiary alicyclic amines) is 1. The third-order valence-electron chi connectivity index (χ3n) is 4.43. The van der Waals surface area contributed by atoms with Crippen molar-refractivity contribution in [3.63, 3.8) is 0 Å². The van der Waals surface area contributed by atoms with Crippen molar-refractivity contribution in [1.82, 2.24) is 9.88 Å². The van der Waals surface area contributed by atoms with Crippen LogP contribution in [0.1, 0.15) is 56.8 Å². The van der Waals surface area contributed by atoms with Crippen molar-refractivity contribution in [3.8, 4) is 5.75 Å². The van der Waals surface area contributed by atoms with Crippen molar-refractivity contribution in [2.24, 2.45) is 0 Å². The van der Waals surface area contributed by atoms with Gasteiger partial charge in [0.1, 0.15) is 5.56 Å². The quantitative estimate of drug-likeness (QED) is 0.565. The molecule has 0 atom stereocenters. The second-order valence-electron chi connectivity index (χ2n) is 6.38. The van der Waals surface area contributed by atoms with Crippen molar-refractivity contribution in [1.29, 1.82) is 0 Å². The lowest BCUT2D eigenvalue weighted by atomic mass is 10.0. The standard InChI is InChI=1S/C19H29N3O4/c1-4-6-13-26-19(24)16-7-10-20-18(17(16)25-5-2)21-15-8-11-22(12-9-15)14(3)23/h7,10,15H,4-6,8-9,11-13H2,1-3H3,(H,20,21). The van der Waals surface area contributed by atoms with Gasteiger partial charge in [-0.2, -0.15) is 0 Å². The highest BCUT2D eigenvalue weighted by molar-refractivity contribution is 5.94. The highest BCUT2D eigenvalue weighted by atomic mass is 16.5. The second kappa shape index (κ2) is 9.99. The summed E-state index contributed by atoms with van der Waals surface area (Å²) in [5, 5.41) is 3.37. The average Bonchev–Trinajstić information content (AvgIpc) is 2.64. The summed E-state index contributed by atoms with van der Waals surface area (Å²) in [4.78, 5) is 30.0. The molecule has 1 aliphatic heterocycles. The van der Waals surface area contributed by atoms with Gasteiger partial charge in [-0.1, -0.05) is 13.3 Å². The molecule has 26 heavy (non-hydrogen) atoms. The van der Waals surface area contributed by atoms with Crippen LogP contribution >= 0.6 is 0 Å². The van der Waals surface area contributed by atoms with Gasteiger partial charge in [-0.25, -0.2) is 9.78 Å². The van der Waals surface area contributed by atoms with Crippen molar-refractivity contribution in [2.45, 2.75) is 52.5 Å². The van der Waals surface area contributed by atoms with Crippen LogP contribution in [0.25, 0.3) is 0 Å². The van der Waals surface area contributed by atoms with Gasteiger partial charge in [0, 0.05) is 32.3 Å². The maximum atomic E-state index is 12.4. The van der Waals surface area contributed by atoms with E-state index in [1.807, 2.05) is 18.7 Å². The van der Waals surface area contributed by atoms with Crippen molar-refractivity contribution >= 4 is 17.7 Å². The van der Waals surface area contributed by atoms with Crippen LogP contribution in [0.15, 0.2) is 12.3 Å². The lowest BCUT2D eigenvalue weighted by molar-refractivity contribution is -0.129. The summed E-state index contributed by atoms with van der Waals surface area (Å²) in [6, 6.07) is 1.81. The summed E-state index contributed by atoms with van der Waals surface area (Å²) in [6.07, 6.45) is 5.05. The number of unbranched alkanes of at least 4 members (excludes halogenated alkanes) is 1. The molecular weight excluding hydrogens is 334 g/mol. The Balaban J connectivity index is 2.09. The first-order valence-electron chi connectivity index (χ1n) is 9.37. The van der Waals surface area contributed by atoms with Gasteiger partial charge in [-0.15, -0.1) is 0 Å². The third-order valence-corrected chi connectivity index (χ3v) is 4.43. The molecule has 0 spiro atoms. The highest BCUT2D eigenvalue weighted by Gasteiger charge is 2.24. The van der Waals surface area contributed by atoms with Crippen LogP contribution in [-0.2, 0) is 9.53 Å². The van der Waals surface area contributed by atoms with Crippen molar-refractivity contribution < 1.29 is 19.1 Å². The van der Waals surface area contributed by atoms with Gasteiger partial charge < -0.3 is 19.7 Å². The van der Waals surface area contributed by atoms with Gasteiger partial charge in [0.05, 0.1) is 13.2 Å². The zero-order valence-corrected chi connectivity index (χ0v) is 15.9. The molecule has 144 valence electrons. The number of rotatable bonds is 8. The van der Waals surface area contributed by atoms with Gasteiger partial charge in [-0.3, -0.25) is 4.79 Å². The first kappa shape index (κ1) is 20.0. The van der Waals surface area contributed by atoms with E-state index < -0.39 is 5.97 Å². The van der Waals surface area contributed by atoms with Crippen LogP contribution in [0.5, 0.6) is 5.75 Å². The highest BCUT2D eigenvalue weighted by Crippen LogP contribution is 2.29. The zero-order chi connectivity index (χ0) is 18.9. The Hall–Kier alpha value is -2.31. The molecule has 1 N–H and O–H groups in total. The number of hydrogen-bond acceptors (Lipinski definition) is 6. The summed E-state index contributed by atoms with van der Waals surface area (Å²) in [7, 11) is 0. The number of carbonyl (C=O) groups excluding carboxylic acids is 2. The topological polar surface area (TPSA) is 80.8 Å². The van der Waals surface area contributed by atoms with Crippen LogP contribution < -0.4 is 10.1 Å². The Kier molecular flexibility index (Phi) is 7.69. The van der Waals surface area contributed by atoms with Gasteiger partial charge in [0.25, 0.3) is 0 Å². The molecule has 1 fully saturated rings. The number of carbonyl (C=O) groups is 2. The molecule has 1 aromatic rings. The van der Waals surface area contributed by atoms with E-state index in [1.165, 1.54) is 0 Å². The summed E-state index contributed by atoms with van der Waals surface area (Å²) >= 11 is 0. The molecule has 2 rings (SSSR count). The molecule has 2 heterocycles. The van der Waals surface area contributed by atoms with E-state index in [4.69, 9.17) is 9.47 Å². The summed E-state index contributed by atoms with van der Waals surface area (Å²) in [5.41, 5.74) is 0.390. The van der Waals surface area contributed by atoms with Crippen LogP contribution in [0.4, 0.5) is 5.82 Å². The number of pyridine rings is 1. The molecule has 1 aromatic heterocycles. The lowest BCUT2D eigenvalue weighted by Gasteiger charge is -2.32. The number of ether oxygens (including phenoxy) is 2. The number of nitrogens with one attached hydrogen (secondary N) is 1. The van der Waals surface area contributed by atoms with E-state index in [2.05, 4.69) is 10.3 Å². The molecule has 1 aliphatic rings. The van der Waals surface area contributed by atoms with E-state index in [0.29, 0.717) is 30.3 Å². The molecular formula is C19H29N3O4. The minimum Gasteiger partial charge on any atom is -0.489 e. The Morgan fingerprint density at radius 3 is 2.65 bits per heavy atom. The number of aromatic nitrogens is 1. The van der Waals surface area contributed by atoms with Crippen molar-refractivity contribution in [3.05, 3.63) is 17.8 Å². The van der Waals surface area contributed by atoms with Gasteiger partial charge in [-0.05, 0) is 32.3 Å². The number of piperidine rings is 1. The number of esters is 1. The Labute approximate surface area is 155 Å². The van der Waals surface area contributed by atoms with Crippen LogP contribution in [-0.4, -0.2) is 54.1 Å². The first-order chi connectivity index (χ1) is 12.6. The molecule has 0 radical (unpaired) electrons. The minimum atomic E-state index is -0.390. The van der Waals surface area contributed by atoms with Gasteiger partial charge in [0.2, 0.25) is 5.91 Å². The van der Waals surface area contributed by atoms with Crippen molar-refractivity contribution in [2.75, 3.05) is 31.6 Å². The fourth-order valence-electron chi connectivity index (χ4n) is 2.92. The molecule has 7 nitrogen and oxygen atoms in total. The minimum absolute atomic E-state index is 0.105. The summed E-state index contributed by atoms with van der Waals surface area (Å²) in [5.74, 6) is 0.704. The fraction of sp³-hybridized carbons (Fsp3) is 0.632.